The minimum atomic E-state index is -0.426. The molecule has 0 radical (unpaired) electrons. The van der Waals surface area contributed by atoms with Crippen LogP contribution in [0, 0.1) is 34.5 Å². The van der Waals surface area contributed by atoms with Crippen LogP contribution in [0.1, 0.15) is 74.1 Å². The van der Waals surface area contributed by atoms with E-state index in [2.05, 4.69) is 27.7 Å². The Morgan fingerprint density at radius 3 is 1.79 bits per heavy atom. The van der Waals surface area contributed by atoms with Crippen LogP contribution in [-0.2, 0) is 9.47 Å². The summed E-state index contributed by atoms with van der Waals surface area (Å²) in [7, 11) is 0. The molecule has 34 heavy (non-hydrogen) atoms. The van der Waals surface area contributed by atoms with Crippen molar-refractivity contribution in [2.45, 2.75) is 65.6 Å². The average molecular weight is 461 g/mol. The normalized spacial score (nSPS) is 33.8. The molecule has 0 spiro atoms. The molecule has 2 aromatic rings. The van der Waals surface area contributed by atoms with Crippen molar-refractivity contribution in [3.8, 4) is 0 Å². The van der Waals surface area contributed by atoms with Crippen molar-refractivity contribution >= 4 is 11.9 Å². The van der Waals surface area contributed by atoms with Gasteiger partial charge in [-0.3, -0.25) is 0 Å². The molecular formula is C30H36O4. The van der Waals surface area contributed by atoms with E-state index < -0.39 is 12.2 Å². The fraction of sp³-hybridized carbons (Fsp3) is 0.533. The van der Waals surface area contributed by atoms with Gasteiger partial charge >= 0.3 is 11.9 Å². The number of rotatable bonds is 6. The van der Waals surface area contributed by atoms with Gasteiger partial charge in [-0.15, -0.1) is 0 Å². The molecule has 5 rings (SSSR count). The molecule has 3 fully saturated rings. The van der Waals surface area contributed by atoms with Gasteiger partial charge in [0.2, 0.25) is 0 Å². The number of hydrogen-bond donors (Lipinski definition) is 0. The first kappa shape index (κ1) is 23.1. The fourth-order valence-electron chi connectivity index (χ4n) is 7.78. The van der Waals surface area contributed by atoms with E-state index in [1.807, 2.05) is 36.4 Å². The lowest BCUT2D eigenvalue weighted by Crippen LogP contribution is -2.44. The number of ether oxygens (including phenoxy) is 2. The van der Waals surface area contributed by atoms with Crippen LogP contribution in [0.15, 0.2) is 60.7 Å². The highest BCUT2D eigenvalue weighted by Crippen LogP contribution is 2.76. The molecule has 4 heteroatoms. The summed E-state index contributed by atoms with van der Waals surface area (Å²) in [6.45, 7) is 9.32. The van der Waals surface area contributed by atoms with E-state index in [0.29, 0.717) is 28.9 Å². The summed E-state index contributed by atoms with van der Waals surface area (Å²) in [4.78, 5) is 26.3. The molecule has 0 saturated heterocycles. The molecule has 0 N–H and O–H groups in total. The SMILES string of the molecule is CC(C)C12CCC(C(C)C)(C1)C1C(OC(=O)c3ccccc3)C(OC(=O)c3ccccc3)CC12. The number of hydrogen-bond acceptors (Lipinski definition) is 4. The van der Waals surface area contributed by atoms with E-state index in [-0.39, 0.29) is 28.7 Å². The smallest absolute Gasteiger partial charge is 0.338 e. The number of carbonyl (C=O) groups excluding carboxylic acids is 2. The Morgan fingerprint density at radius 1 is 0.765 bits per heavy atom. The van der Waals surface area contributed by atoms with Crippen LogP contribution in [-0.4, -0.2) is 24.1 Å². The van der Waals surface area contributed by atoms with E-state index in [1.54, 1.807) is 24.3 Å². The molecule has 3 aliphatic carbocycles. The van der Waals surface area contributed by atoms with Gasteiger partial charge in [-0.05, 0) is 78.5 Å². The maximum Gasteiger partial charge on any atom is 0.338 e. The molecule has 3 aliphatic rings. The quantitative estimate of drug-likeness (QED) is 0.458. The molecule has 2 aromatic carbocycles. The molecule has 6 atom stereocenters. The van der Waals surface area contributed by atoms with E-state index in [0.717, 1.165) is 12.8 Å². The van der Waals surface area contributed by atoms with Crippen LogP contribution in [0.5, 0.6) is 0 Å². The standard InChI is InChI=1S/C30H36O4/c1-19(2)29-15-16-30(18-29,20(3)4)25-23(29)17-24(33-27(31)21-11-7-5-8-12-21)26(25)34-28(32)22-13-9-6-10-14-22/h5-14,19-20,23-26H,15-18H2,1-4H3. The zero-order chi connectivity index (χ0) is 24.1. The third kappa shape index (κ3) is 3.49. The molecule has 2 bridgehead atoms. The Bertz CT molecular complexity index is 1050. The Hall–Kier alpha value is -2.62. The number of fused-ring (bicyclic) bond motifs is 5. The van der Waals surface area contributed by atoms with Gasteiger partial charge in [-0.2, -0.15) is 0 Å². The molecule has 0 aromatic heterocycles. The Labute approximate surface area is 203 Å². The van der Waals surface area contributed by atoms with Crippen LogP contribution < -0.4 is 0 Å². The summed E-state index contributed by atoms with van der Waals surface area (Å²) in [6.07, 6.45) is 3.47. The van der Waals surface area contributed by atoms with Gasteiger partial charge in [0.15, 0.2) is 0 Å². The molecule has 0 amide bonds. The summed E-state index contributed by atoms with van der Waals surface area (Å²) in [6, 6.07) is 18.3. The highest BCUT2D eigenvalue weighted by atomic mass is 16.6. The predicted octanol–water partition coefficient (Wildman–Crippen LogP) is 6.56. The summed E-state index contributed by atoms with van der Waals surface area (Å²) in [5.41, 5.74) is 1.41. The topological polar surface area (TPSA) is 52.6 Å². The second-order valence-corrected chi connectivity index (χ2v) is 11.4. The minimum absolute atomic E-state index is 0.116. The fourth-order valence-corrected chi connectivity index (χ4v) is 7.78. The van der Waals surface area contributed by atoms with Gasteiger partial charge in [-0.25, -0.2) is 9.59 Å². The maximum absolute atomic E-state index is 13.2. The number of benzene rings is 2. The van der Waals surface area contributed by atoms with Gasteiger partial charge in [0, 0.05) is 5.92 Å². The highest BCUT2D eigenvalue weighted by molar-refractivity contribution is 5.90. The summed E-state index contributed by atoms with van der Waals surface area (Å²) < 4.78 is 12.4. The van der Waals surface area contributed by atoms with Crippen molar-refractivity contribution < 1.29 is 19.1 Å². The van der Waals surface area contributed by atoms with E-state index in [1.165, 1.54) is 12.8 Å². The van der Waals surface area contributed by atoms with Crippen molar-refractivity contribution in [2.24, 2.45) is 34.5 Å². The maximum atomic E-state index is 13.2. The predicted molar refractivity (Wildman–Crippen MR) is 131 cm³/mol. The van der Waals surface area contributed by atoms with Gasteiger partial charge in [0.25, 0.3) is 0 Å². The summed E-state index contributed by atoms with van der Waals surface area (Å²) in [5, 5.41) is 0. The van der Waals surface area contributed by atoms with Gasteiger partial charge in [0.05, 0.1) is 11.1 Å². The lowest BCUT2D eigenvalue weighted by molar-refractivity contribution is -0.0639. The van der Waals surface area contributed by atoms with E-state index in [9.17, 15) is 9.59 Å². The minimum Gasteiger partial charge on any atom is -0.455 e. The first-order chi connectivity index (χ1) is 16.3. The van der Waals surface area contributed by atoms with Crippen molar-refractivity contribution in [2.75, 3.05) is 0 Å². The second-order valence-electron chi connectivity index (χ2n) is 11.4. The Kier molecular flexibility index (Phi) is 5.82. The van der Waals surface area contributed by atoms with E-state index >= 15 is 0 Å². The first-order valence-corrected chi connectivity index (χ1v) is 12.8. The highest BCUT2D eigenvalue weighted by Gasteiger charge is 2.73. The lowest BCUT2D eigenvalue weighted by Gasteiger charge is -2.44. The van der Waals surface area contributed by atoms with Crippen molar-refractivity contribution in [3.05, 3.63) is 71.8 Å². The van der Waals surface area contributed by atoms with Crippen LogP contribution >= 0.6 is 0 Å². The van der Waals surface area contributed by atoms with Gasteiger partial charge < -0.3 is 9.47 Å². The third-order valence-electron chi connectivity index (χ3n) is 9.58. The molecule has 6 unspecified atom stereocenters. The van der Waals surface area contributed by atoms with Crippen LogP contribution in [0.4, 0.5) is 0 Å². The summed E-state index contributed by atoms with van der Waals surface area (Å²) >= 11 is 0. The van der Waals surface area contributed by atoms with Crippen LogP contribution in [0.3, 0.4) is 0 Å². The molecule has 4 nitrogen and oxygen atoms in total. The molecule has 0 heterocycles. The monoisotopic (exact) mass is 460 g/mol. The second kappa shape index (κ2) is 8.55. The average Bonchev–Trinajstić information content (AvgIpc) is 3.50. The Morgan fingerprint density at radius 2 is 1.26 bits per heavy atom. The van der Waals surface area contributed by atoms with Gasteiger partial charge in [-0.1, -0.05) is 64.1 Å². The zero-order valence-electron chi connectivity index (χ0n) is 20.7. The van der Waals surface area contributed by atoms with Gasteiger partial charge in [0.1, 0.15) is 12.2 Å². The van der Waals surface area contributed by atoms with Crippen LogP contribution in [0.2, 0.25) is 0 Å². The zero-order valence-corrected chi connectivity index (χ0v) is 20.7. The molecule has 180 valence electrons. The lowest BCUT2D eigenvalue weighted by atomic mass is 9.62. The van der Waals surface area contributed by atoms with Crippen molar-refractivity contribution in [1.29, 1.82) is 0 Å². The molecule has 0 aliphatic heterocycles. The first-order valence-electron chi connectivity index (χ1n) is 12.8. The number of esters is 2. The third-order valence-corrected chi connectivity index (χ3v) is 9.58. The Balaban J connectivity index is 1.51. The molecular weight excluding hydrogens is 424 g/mol. The van der Waals surface area contributed by atoms with E-state index in [4.69, 9.17) is 9.47 Å². The number of carbonyl (C=O) groups is 2. The molecule has 3 saturated carbocycles. The van der Waals surface area contributed by atoms with Crippen molar-refractivity contribution in [3.63, 3.8) is 0 Å². The summed E-state index contributed by atoms with van der Waals surface area (Å²) in [5.74, 6) is 0.959. The van der Waals surface area contributed by atoms with Crippen molar-refractivity contribution in [1.82, 2.24) is 0 Å². The largest absolute Gasteiger partial charge is 0.455 e. The van der Waals surface area contributed by atoms with Crippen LogP contribution in [0.25, 0.3) is 0 Å².